The molecule has 1 N–H and O–H groups in total. The fourth-order valence-electron chi connectivity index (χ4n) is 3.23. The zero-order chi connectivity index (χ0) is 14.1. The van der Waals surface area contributed by atoms with Crippen LogP contribution in [0.25, 0.3) is 11.0 Å². The summed E-state index contributed by atoms with van der Waals surface area (Å²) in [6.07, 6.45) is 6.53. The molecular weight excluding hydrogens is 252 g/mol. The molecule has 1 aliphatic rings. The van der Waals surface area contributed by atoms with Crippen molar-refractivity contribution in [2.24, 2.45) is 5.92 Å². The van der Waals surface area contributed by atoms with Gasteiger partial charge in [0.25, 0.3) is 0 Å². The Labute approximate surface area is 118 Å². The molecule has 3 rings (SSSR count). The molecule has 0 amide bonds. The van der Waals surface area contributed by atoms with E-state index in [1.54, 1.807) is 12.1 Å². The van der Waals surface area contributed by atoms with Crippen LogP contribution in [0.15, 0.2) is 18.2 Å². The summed E-state index contributed by atoms with van der Waals surface area (Å²) >= 11 is 0. The van der Waals surface area contributed by atoms with Gasteiger partial charge in [-0.1, -0.05) is 19.3 Å². The molecule has 0 spiro atoms. The minimum Gasteiger partial charge on any atom is -0.478 e. The molecule has 2 aromatic rings. The topological polar surface area (TPSA) is 55.1 Å². The molecule has 1 heterocycles. The molecule has 1 aromatic carbocycles. The maximum Gasteiger partial charge on any atom is 0.335 e. The summed E-state index contributed by atoms with van der Waals surface area (Å²) in [5, 5.41) is 9.13. The van der Waals surface area contributed by atoms with Crippen LogP contribution in [-0.4, -0.2) is 20.6 Å². The SMILES string of the molecule is Cc1nc2ccc(C(=O)O)cc2n1CC1CCCCC1. The van der Waals surface area contributed by atoms with E-state index in [1.807, 2.05) is 13.0 Å². The number of carbonyl (C=O) groups is 1. The number of carboxylic acids is 1. The fraction of sp³-hybridized carbons (Fsp3) is 0.500. The van der Waals surface area contributed by atoms with Crippen LogP contribution in [0.3, 0.4) is 0 Å². The smallest absolute Gasteiger partial charge is 0.335 e. The summed E-state index contributed by atoms with van der Waals surface area (Å²) in [4.78, 5) is 15.7. The highest BCUT2D eigenvalue weighted by Crippen LogP contribution is 2.27. The Bertz CT molecular complexity index is 639. The van der Waals surface area contributed by atoms with Gasteiger partial charge in [-0.25, -0.2) is 9.78 Å². The van der Waals surface area contributed by atoms with Gasteiger partial charge in [0.2, 0.25) is 0 Å². The molecule has 0 saturated heterocycles. The van der Waals surface area contributed by atoms with Gasteiger partial charge < -0.3 is 9.67 Å². The van der Waals surface area contributed by atoms with E-state index in [0.29, 0.717) is 11.5 Å². The van der Waals surface area contributed by atoms with Crippen LogP contribution >= 0.6 is 0 Å². The maximum atomic E-state index is 11.1. The number of imidazole rings is 1. The van der Waals surface area contributed by atoms with Gasteiger partial charge in [-0.15, -0.1) is 0 Å². The molecule has 0 aliphatic heterocycles. The average molecular weight is 272 g/mol. The van der Waals surface area contributed by atoms with Gasteiger partial charge in [-0.3, -0.25) is 0 Å². The van der Waals surface area contributed by atoms with Crippen LogP contribution in [0.1, 0.15) is 48.3 Å². The number of hydrogen-bond donors (Lipinski definition) is 1. The number of nitrogens with zero attached hydrogens (tertiary/aromatic N) is 2. The number of fused-ring (bicyclic) bond motifs is 1. The van der Waals surface area contributed by atoms with Crippen LogP contribution in [0.4, 0.5) is 0 Å². The Morgan fingerprint density at radius 2 is 2.10 bits per heavy atom. The Kier molecular flexibility index (Phi) is 3.47. The summed E-state index contributed by atoms with van der Waals surface area (Å²) in [6, 6.07) is 5.19. The third kappa shape index (κ3) is 2.42. The normalized spacial score (nSPS) is 16.6. The summed E-state index contributed by atoms with van der Waals surface area (Å²) in [6.45, 7) is 2.97. The Hall–Kier alpha value is -1.84. The third-order valence-electron chi connectivity index (χ3n) is 4.35. The quantitative estimate of drug-likeness (QED) is 0.928. The van der Waals surface area contributed by atoms with Crippen LogP contribution in [0.2, 0.25) is 0 Å². The molecule has 106 valence electrons. The van der Waals surface area contributed by atoms with E-state index in [9.17, 15) is 4.79 Å². The molecular formula is C16H20N2O2. The first kappa shape index (κ1) is 13.2. The zero-order valence-electron chi connectivity index (χ0n) is 11.8. The van der Waals surface area contributed by atoms with Crippen LogP contribution in [0.5, 0.6) is 0 Å². The van der Waals surface area contributed by atoms with E-state index in [2.05, 4.69) is 9.55 Å². The van der Waals surface area contributed by atoms with E-state index in [4.69, 9.17) is 5.11 Å². The van der Waals surface area contributed by atoms with Gasteiger partial charge in [-0.05, 0) is 43.9 Å². The van der Waals surface area contributed by atoms with Crippen molar-refractivity contribution < 1.29 is 9.90 Å². The molecule has 1 aliphatic carbocycles. The first-order valence-corrected chi connectivity index (χ1v) is 7.35. The Morgan fingerprint density at radius 1 is 1.35 bits per heavy atom. The number of carboxylic acid groups (broad SMARTS) is 1. The summed E-state index contributed by atoms with van der Waals surface area (Å²) in [7, 11) is 0. The van der Waals surface area contributed by atoms with Crippen molar-refractivity contribution in [1.82, 2.24) is 9.55 Å². The second kappa shape index (κ2) is 5.27. The van der Waals surface area contributed by atoms with Crippen molar-refractivity contribution in [3.63, 3.8) is 0 Å². The van der Waals surface area contributed by atoms with Crippen molar-refractivity contribution in [3.05, 3.63) is 29.6 Å². The number of aromatic nitrogens is 2. The molecule has 4 heteroatoms. The minimum atomic E-state index is -0.880. The van der Waals surface area contributed by atoms with E-state index in [0.717, 1.165) is 23.4 Å². The number of rotatable bonds is 3. The van der Waals surface area contributed by atoms with Crippen molar-refractivity contribution >= 4 is 17.0 Å². The van der Waals surface area contributed by atoms with Crippen LogP contribution in [0, 0.1) is 12.8 Å². The van der Waals surface area contributed by atoms with Crippen molar-refractivity contribution in [2.45, 2.75) is 45.6 Å². The highest BCUT2D eigenvalue weighted by molar-refractivity contribution is 5.92. The first-order valence-electron chi connectivity index (χ1n) is 7.35. The van der Waals surface area contributed by atoms with Gasteiger partial charge >= 0.3 is 5.97 Å². The van der Waals surface area contributed by atoms with Gasteiger partial charge in [0, 0.05) is 6.54 Å². The number of hydrogen-bond acceptors (Lipinski definition) is 2. The molecule has 0 bridgehead atoms. The molecule has 0 unspecified atom stereocenters. The lowest BCUT2D eigenvalue weighted by atomic mass is 9.89. The van der Waals surface area contributed by atoms with Crippen LogP contribution in [-0.2, 0) is 6.54 Å². The number of benzene rings is 1. The number of aryl methyl sites for hydroxylation is 1. The van der Waals surface area contributed by atoms with Gasteiger partial charge in [0.05, 0.1) is 16.6 Å². The maximum absolute atomic E-state index is 11.1. The lowest BCUT2D eigenvalue weighted by Gasteiger charge is -2.22. The van der Waals surface area contributed by atoms with E-state index < -0.39 is 5.97 Å². The minimum absolute atomic E-state index is 0.335. The molecule has 1 aromatic heterocycles. The monoisotopic (exact) mass is 272 g/mol. The van der Waals surface area contributed by atoms with Crippen LogP contribution < -0.4 is 0 Å². The molecule has 1 fully saturated rings. The number of aromatic carboxylic acids is 1. The van der Waals surface area contributed by atoms with E-state index >= 15 is 0 Å². The highest BCUT2D eigenvalue weighted by Gasteiger charge is 2.17. The zero-order valence-corrected chi connectivity index (χ0v) is 11.8. The standard InChI is InChI=1S/C16H20N2O2/c1-11-17-14-8-7-13(16(19)20)9-15(14)18(11)10-12-5-3-2-4-6-12/h7-9,12H,2-6,10H2,1H3,(H,19,20). The molecule has 20 heavy (non-hydrogen) atoms. The predicted octanol–water partition coefficient (Wildman–Crippen LogP) is 3.62. The molecule has 0 atom stereocenters. The summed E-state index contributed by atoms with van der Waals surface area (Å²) in [5.41, 5.74) is 2.18. The molecule has 4 nitrogen and oxygen atoms in total. The predicted molar refractivity (Wildman–Crippen MR) is 78.0 cm³/mol. The lowest BCUT2D eigenvalue weighted by Crippen LogP contribution is -2.15. The van der Waals surface area contributed by atoms with Crippen molar-refractivity contribution in [1.29, 1.82) is 0 Å². The molecule has 1 saturated carbocycles. The second-order valence-corrected chi connectivity index (χ2v) is 5.78. The van der Waals surface area contributed by atoms with Gasteiger partial charge in [0.1, 0.15) is 5.82 Å². The van der Waals surface area contributed by atoms with Crippen molar-refractivity contribution in [3.8, 4) is 0 Å². The Balaban J connectivity index is 1.97. The second-order valence-electron chi connectivity index (χ2n) is 5.78. The van der Waals surface area contributed by atoms with E-state index in [1.165, 1.54) is 32.1 Å². The summed E-state index contributed by atoms with van der Waals surface area (Å²) < 4.78 is 2.19. The summed E-state index contributed by atoms with van der Waals surface area (Å²) in [5.74, 6) is 0.802. The van der Waals surface area contributed by atoms with E-state index in [-0.39, 0.29) is 0 Å². The highest BCUT2D eigenvalue weighted by atomic mass is 16.4. The average Bonchev–Trinajstić information content (AvgIpc) is 2.75. The third-order valence-corrected chi connectivity index (χ3v) is 4.35. The van der Waals surface area contributed by atoms with Gasteiger partial charge in [-0.2, -0.15) is 0 Å². The first-order chi connectivity index (χ1) is 9.65. The fourth-order valence-corrected chi connectivity index (χ4v) is 3.23. The lowest BCUT2D eigenvalue weighted by molar-refractivity contribution is 0.0697. The molecule has 0 radical (unpaired) electrons. The van der Waals surface area contributed by atoms with Gasteiger partial charge in [0.15, 0.2) is 0 Å². The van der Waals surface area contributed by atoms with Crippen molar-refractivity contribution in [2.75, 3.05) is 0 Å². The largest absolute Gasteiger partial charge is 0.478 e. The Morgan fingerprint density at radius 3 is 2.80 bits per heavy atom.